The highest BCUT2D eigenvalue weighted by molar-refractivity contribution is 5.44. The van der Waals surface area contributed by atoms with E-state index in [2.05, 4.69) is 17.2 Å². The molecule has 1 N–H and O–H groups in total. The molecule has 2 aromatic rings. The van der Waals surface area contributed by atoms with E-state index in [-0.39, 0.29) is 6.61 Å². The number of aliphatic hydroxyl groups is 1. The number of unbranched alkanes of at least 4 members (excludes halogenated alkanes) is 3. The molecule has 170 valence electrons. The van der Waals surface area contributed by atoms with Crippen molar-refractivity contribution in [1.82, 2.24) is 0 Å². The van der Waals surface area contributed by atoms with Gasteiger partial charge in [-0.3, -0.25) is 0 Å². The average molecular weight is 431 g/mol. The maximum absolute atomic E-state index is 8.60. The summed E-state index contributed by atoms with van der Waals surface area (Å²) in [7, 11) is 0. The Morgan fingerprint density at radius 2 is 1.13 bits per heavy atom. The first-order valence-electron chi connectivity index (χ1n) is 11.0. The van der Waals surface area contributed by atoms with E-state index >= 15 is 0 Å². The molecular weight excluding hydrogens is 396 g/mol. The Bertz CT molecular complexity index is 720. The van der Waals surface area contributed by atoms with Gasteiger partial charge in [-0.1, -0.05) is 26.2 Å². The molecule has 0 saturated heterocycles. The molecule has 2 aromatic carbocycles. The van der Waals surface area contributed by atoms with Crippen molar-refractivity contribution in [3.05, 3.63) is 48.5 Å². The van der Waals surface area contributed by atoms with Crippen molar-refractivity contribution in [3.8, 4) is 11.5 Å². The monoisotopic (exact) mass is 430 g/mol. The summed E-state index contributed by atoms with van der Waals surface area (Å²) in [4.78, 5) is 0. The number of hydrogen-bond donors (Lipinski definition) is 1. The highest BCUT2D eigenvalue weighted by atomic mass is 16.5. The summed E-state index contributed by atoms with van der Waals surface area (Å²) in [5.74, 6) is 1.61. The van der Waals surface area contributed by atoms with Gasteiger partial charge in [0.25, 0.3) is 0 Å². The predicted octanol–water partition coefficient (Wildman–Crippen LogP) is 5.47. The topological polar surface area (TPSA) is 81.9 Å². The molecule has 0 aliphatic rings. The molecule has 0 radical (unpaired) electrons. The van der Waals surface area contributed by atoms with Crippen LogP contribution in [0.15, 0.2) is 58.8 Å². The molecule has 31 heavy (non-hydrogen) atoms. The summed E-state index contributed by atoms with van der Waals surface area (Å²) in [6, 6.07) is 15.1. The van der Waals surface area contributed by atoms with Gasteiger partial charge in [-0.25, -0.2) is 0 Å². The van der Waals surface area contributed by atoms with Gasteiger partial charge in [0.05, 0.1) is 51.0 Å². The number of benzene rings is 2. The average Bonchev–Trinajstić information content (AvgIpc) is 2.81. The van der Waals surface area contributed by atoms with Crippen molar-refractivity contribution >= 4 is 11.4 Å². The van der Waals surface area contributed by atoms with Gasteiger partial charge in [-0.15, -0.1) is 0 Å². The van der Waals surface area contributed by atoms with Crippen LogP contribution in [0.25, 0.3) is 0 Å². The zero-order valence-electron chi connectivity index (χ0n) is 18.4. The number of ether oxygens (including phenoxy) is 4. The fourth-order valence-corrected chi connectivity index (χ4v) is 2.66. The second kappa shape index (κ2) is 16.2. The van der Waals surface area contributed by atoms with Crippen LogP contribution in [0.4, 0.5) is 11.4 Å². The Labute approximate surface area is 185 Å². The molecule has 0 saturated carbocycles. The van der Waals surface area contributed by atoms with E-state index in [4.69, 9.17) is 24.1 Å². The Hall–Kier alpha value is -2.48. The van der Waals surface area contributed by atoms with Crippen LogP contribution in [0.2, 0.25) is 0 Å². The van der Waals surface area contributed by atoms with E-state index in [1.807, 2.05) is 48.5 Å². The molecule has 0 fully saturated rings. The zero-order valence-corrected chi connectivity index (χ0v) is 18.4. The fraction of sp³-hybridized carbons (Fsp3) is 0.500. The third-order valence-corrected chi connectivity index (χ3v) is 4.33. The van der Waals surface area contributed by atoms with Gasteiger partial charge in [0.1, 0.15) is 18.1 Å². The Morgan fingerprint density at radius 1 is 0.613 bits per heavy atom. The molecule has 0 amide bonds. The normalized spacial score (nSPS) is 11.2. The summed E-state index contributed by atoms with van der Waals surface area (Å²) in [5, 5.41) is 17.1. The number of nitrogens with zero attached hydrogens (tertiary/aromatic N) is 2. The standard InChI is InChI=1S/C24H34N2O5/c1-2-3-4-5-15-30-23-10-6-21(7-11-23)25-26-22-8-12-24(13-9-22)31-20-19-29-18-17-28-16-14-27/h6-13,27H,2-5,14-20H2,1H3. The van der Waals surface area contributed by atoms with Crippen LogP contribution in [-0.4, -0.2) is 51.4 Å². The first kappa shape index (κ1) is 24.8. The van der Waals surface area contributed by atoms with Crippen molar-refractivity contribution in [2.75, 3.05) is 46.2 Å². The van der Waals surface area contributed by atoms with E-state index in [0.717, 1.165) is 35.9 Å². The summed E-state index contributed by atoms with van der Waals surface area (Å²) < 4.78 is 21.9. The summed E-state index contributed by atoms with van der Waals surface area (Å²) in [6.45, 7) is 5.19. The van der Waals surface area contributed by atoms with Crippen molar-refractivity contribution in [1.29, 1.82) is 0 Å². The summed E-state index contributed by atoms with van der Waals surface area (Å²) >= 11 is 0. The number of hydrogen-bond acceptors (Lipinski definition) is 7. The molecule has 7 nitrogen and oxygen atoms in total. The van der Waals surface area contributed by atoms with Gasteiger partial charge >= 0.3 is 0 Å². The van der Waals surface area contributed by atoms with Crippen LogP contribution in [0.1, 0.15) is 32.6 Å². The second-order valence-corrected chi connectivity index (χ2v) is 6.89. The third-order valence-electron chi connectivity index (χ3n) is 4.33. The van der Waals surface area contributed by atoms with E-state index in [1.165, 1.54) is 19.3 Å². The molecule has 0 aliphatic heterocycles. The van der Waals surface area contributed by atoms with Gasteiger partial charge < -0.3 is 24.1 Å². The van der Waals surface area contributed by atoms with E-state index in [0.29, 0.717) is 33.0 Å². The van der Waals surface area contributed by atoms with E-state index < -0.39 is 0 Å². The SMILES string of the molecule is CCCCCCOc1ccc(N=Nc2ccc(OCCOCCOCCO)cc2)cc1. The lowest BCUT2D eigenvalue weighted by Gasteiger charge is -2.07. The van der Waals surface area contributed by atoms with Gasteiger partial charge in [0.15, 0.2) is 0 Å². The molecule has 0 aliphatic carbocycles. The van der Waals surface area contributed by atoms with Crippen molar-refractivity contribution in [2.45, 2.75) is 32.6 Å². The van der Waals surface area contributed by atoms with Crippen LogP contribution >= 0.6 is 0 Å². The Balaban J connectivity index is 1.65. The van der Waals surface area contributed by atoms with Crippen LogP contribution in [0, 0.1) is 0 Å². The Morgan fingerprint density at radius 3 is 1.68 bits per heavy atom. The molecule has 0 bridgehead atoms. The molecule has 0 unspecified atom stereocenters. The van der Waals surface area contributed by atoms with Gasteiger partial charge in [-0.2, -0.15) is 10.2 Å². The van der Waals surface area contributed by atoms with Gasteiger partial charge in [0, 0.05) is 0 Å². The minimum absolute atomic E-state index is 0.0270. The number of aliphatic hydroxyl groups excluding tert-OH is 1. The second-order valence-electron chi connectivity index (χ2n) is 6.89. The van der Waals surface area contributed by atoms with Crippen LogP contribution in [-0.2, 0) is 9.47 Å². The lowest BCUT2D eigenvalue weighted by molar-refractivity contribution is 0.0247. The lowest BCUT2D eigenvalue weighted by Crippen LogP contribution is -2.11. The smallest absolute Gasteiger partial charge is 0.119 e. The minimum Gasteiger partial charge on any atom is -0.494 e. The van der Waals surface area contributed by atoms with E-state index in [1.54, 1.807) is 0 Å². The third kappa shape index (κ3) is 11.5. The maximum atomic E-state index is 8.60. The molecule has 0 spiro atoms. The van der Waals surface area contributed by atoms with Crippen molar-refractivity contribution < 1.29 is 24.1 Å². The highest BCUT2D eigenvalue weighted by Gasteiger charge is 1.98. The van der Waals surface area contributed by atoms with Gasteiger partial charge in [0.2, 0.25) is 0 Å². The Kier molecular flexibility index (Phi) is 13.0. The molecule has 7 heteroatoms. The van der Waals surface area contributed by atoms with Crippen molar-refractivity contribution in [3.63, 3.8) is 0 Å². The molecule has 0 atom stereocenters. The maximum Gasteiger partial charge on any atom is 0.119 e. The fourth-order valence-electron chi connectivity index (χ4n) is 2.66. The van der Waals surface area contributed by atoms with Crippen LogP contribution in [0.3, 0.4) is 0 Å². The molecule has 0 heterocycles. The molecular formula is C24H34N2O5. The lowest BCUT2D eigenvalue weighted by atomic mass is 10.2. The highest BCUT2D eigenvalue weighted by Crippen LogP contribution is 2.23. The van der Waals surface area contributed by atoms with Crippen LogP contribution in [0.5, 0.6) is 11.5 Å². The summed E-state index contributed by atoms with van der Waals surface area (Å²) in [6.07, 6.45) is 4.78. The predicted molar refractivity (Wildman–Crippen MR) is 121 cm³/mol. The van der Waals surface area contributed by atoms with Crippen molar-refractivity contribution in [2.24, 2.45) is 10.2 Å². The van der Waals surface area contributed by atoms with E-state index in [9.17, 15) is 0 Å². The summed E-state index contributed by atoms with van der Waals surface area (Å²) in [5.41, 5.74) is 1.53. The first-order chi connectivity index (χ1) is 15.3. The first-order valence-corrected chi connectivity index (χ1v) is 11.0. The van der Waals surface area contributed by atoms with Crippen LogP contribution < -0.4 is 9.47 Å². The number of rotatable bonds is 17. The molecule has 0 aromatic heterocycles. The minimum atomic E-state index is 0.0270. The molecule has 2 rings (SSSR count). The van der Waals surface area contributed by atoms with Gasteiger partial charge in [-0.05, 0) is 55.0 Å². The number of azo groups is 1. The zero-order chi connectivity index (χ0) is 22.0. The largest absolute Gasteiger partial charge is 0.494 e. The quantitative estimate of drug-likeness (QED) is 0.266.